The van der Waals surface area contributed by atoms with Gasteiger partial charge in [0, 0.05) is 19.6 Å². The molecule has 2 atom stereocenters. The summed E-state index contributed by atoms with van der Waals surface area (Å²) in [6.07, 6.45) is 0.661. The predicted molar refractivity (Wildman–Crippen MR) is 68.3 cm³/mol. The molecule has 1 heterocycles. The van der Waals surface area contributed by atoms with Gasteiger partial charge in [-0.25, -0.2) is 0 Å². The lowest BCUT2D eigenvalue weighted by atomic mass is 10.1. The Bertz CT molecular complexity index is 340. The molecular formula is C14H21NO2. The van der Waals surface area contributed by atoms with Crippen LogP contribution in [0.3, 0.4) is 0 Å². The van der Waals surface area contributed by atoms with E-state index in [-0.39, 0.29) is 0 Å². The van der Waals surface area contributed by atoms with Crippen LogP contribution in [0.4, 0.5) is 0 Å². The lowest BCUT2D eigenvalue weighted by molar-refractivity contribution is -0.0704. The van der Waals surface area contributed by atoms with Crippen molar-refractivity contribution in [2.24, 2.45) is 0 Å². The first kappa shape index (κ1) is 12.4. The van der Waals surface area contributed by atoms with Crippen LogP contribution in [-0.4, -0.2) is 37.3 Å². The summed E-state index contributed by atoms with van der Waals surface area (Å²) >= 11 is 0. The van der Waals surface area contributed by atoms with Crippen LogP contribution in [0, 0.1) is 0 Å². The van der Waals surface area contributed by atoms with E-state index >= 15 is 0 Å². The highest BCUT2D eigenvalue weighted by Crippen LogP contribution is 2.16. The molecule has 3 nitrogen and oxygen atoms in total. The molecule has 17 heavy (non-hydrogen) atoms. The second-order valence-electron chi connectivity index (χ2n) is 4.80. The fourth-order valence-corrected chi connectivity index (χ4v) is 2.40. The molecule has 1 saturated heterocycles. The van der Waals surface area contributed by atoms with Crippen LogP contribution in [0.5, 0.6) is 5.75 Å². The maximum Gasteiger partial charge on any atom is 0.118 e. The third kappa shape index (κ3) is 3.45. The molecule has 3 heteroatoms. The van der Waals surface area contributed by atoms with Crippen LogP contribution in [0.15, 0.2) is 24.3 Å². The van der Waals surface area contributed by atoms with E-state index in [1.165, 1.54) is 5.56 Å². The van der Waals surface area contributed by atoms with Gasteiger partial charge in [-0.2, -0.15) is 0 Å². The van der Waals surface area contributed by atoms with Gasteiger partial charge >= 0.3 is 0 Å². The fraction of sp³-hybridized carbons (Fsp3) is 0.571. The molecule has 0 unspecified atom stereocenters. The lowest BCUT2D eigenvalue weighted by Crippen LogP contribution is -2.44. The van der Waals surface area contributed by atoms with Crippen LogP contribution >= 0.6 is 0 Å². The first-order chi connectivity index (χ1) is 8.17. The molecule has 0 aliphatic carbocycles. The average molecular weight is 235 g/mol. The lowest BCUT2D eigenvalue weighted by Gasteiger charge is -2.35. The van der Waals surface area contributed by atoms with Crippen LogP contribution in [0.1, 0.15) is 19.4 Å². The van der Waals surface area contributed by atoms with Crippen molar-refractivity contribution in [3.8, 4) is 5.75 Å². The first-order valence-corrected chi connectivity index (χ1v) is 6.18. The molecule has 0 bridgehead atoms. The zero-order valence-corrected chi connectivity index (χ0v) is 10.8. The van der Waals surface area contributed by atoms with Gasteiger partial charge in [0.15, 0.2) is 0 Å². The standard InChI is InChI=1S/C14H21NO2/c1-11-8-15(9-12(2)17-11)10-13-4-6-14(16-3)7-5-13/h4-7,11-12H,8-10H2,1-3H3/t11-,12+. The predicted octanol–water partition coefficient (Wildman–Crippen LogP) is 2.30. The Balaban J connectivity index is 1.95. The third-order valence-corrected chi connectivity index (χ3v) is 3.06. The number of morpholine rings is 1. The summed E-state index contributed by atoms with van der Waals surface area (Å²) < 4.78 is 10.9. The molecule has 0 spiro atoms. The van der Waals surface area contributed by atoms with Crippen LogP contribution in [0.25, 0.3) is 0 Å². The highest BCUT2D eigenvalue weighted by Gasteiger charge is 2.21. The zero-order chi connectivity index (χ0) is 12.3. The number of rotatable bonds is 3. The normalized spacial score (nSPS) is 25.8. The molecule has 0 amide bonds. The minimum Gasteiger partial charge on any atom is -0.497 e. The maximum absolute atomic E-state index is 5.73. The number of nitrogens with zero attached hydrogens (tertiary/aromatic N) is 1. The Morgan fingerprint density at radius 2 is 1.76 bits per heavy atom. The molecule has 0 aromatic heterocycles. The third-order valence-electron chi connectivity index (χ3n) is 3.06. The van der Waals surface area contributed by atoms with Crippen LogP contribution < -0.4 is 4.74 Å². The molecule has 2 rings (SSSR count). The van der Waals surface area contributed by atoms with Crippen LogP contribution in [0.2, 0.25) is 0 Å². The Kier molecular flexibility index (Phi) is 4.02. The Hall–Kier alpha value is -1.06. The van der Waals surface area contributed by atoms with Crippen molar-refractivity contribution in [2.45, 2.75) is 32.6 Å². The van der Waals surface area contributed by atoms with Gasteiger partial charge in [0.2, 0.25) is 0 Å². The second-order valence-corrected chi connectivity index (χ2v) is 4.80. The van der Waals surface area contributed by atoms with Gasteiger partial charge in [-0.1, -0.05) is 12.1 Å². The van der Waals surface area contributed by atoms with Crippen molar-refractivity contribution in [3.63, 3.8) is 0 Å². The molecule has 0 radical (unpaired) electrons. The van der Waals surface area contributed by atoms with Gasteiger partial charge in [-0.3, -0.25) is 4.90 Å². The molecule has 0 saturated carbocycles. The highest BCUT2D eigenvalue weighted by atomic mass is 16.5. The molecule has 1 fully saturated rings. The minimum absolute atomic E-state index is 0.331. The van der Waals surface area contributed by atoms with Crippen molar-refractivity contribution in [1.82, 2.24) is 4.90 Å². The second kappa shape index (κ2) is 5.52. The van der Waals surface area contributed by atoms with E-state index in [2.05, 4.69) is 30.9 Å². The number of methoxy groups -OCH3 is 1. The largest absolute Gasteiger partial charge is 0.497 e. The molecular weight excluding hydrogens is 214 g/mol. The number of hydrogen-bond acceptors (Lipinski definition) is 3. The van der Waals surface area contributed by atoms with Gasteiger partial charge in [-0.05, 0) is 31.5 Å². The Morgan fingerprint density at radius 1 is 1.18 bits per heavy atom. The molecule has 0 N–H and O–H groups in total. The van der Waals surface area contributed by atoms with Crippen molar-refractivity contribution in [1.29, 1.82) is 0 Å². The minimum atomic E-state index is 0.331. The molecule has 1 aliphatic heterocycles. The molecule has 1 aromatic rings. The smallest absolute Gasteiger partial charge is 0.118 e. The highest BCUT2D eigenvalue weighted by molar-refractivity contribution is 5.27. The Labute approximate surface area is 103 Å². The van der Waals surface area contributed by atoms with E-state index in [0.717, 1.165) is 25.4 Å². The molecule has 1 aliphatic rings. The van der Waals surface area contributed by atoms with Gasteiger partial charge in [0.1, 0.15) is 5.75 Å². The van der Waals surface area contributed by atoms with E-state index in [4.69, 9.17) is 9.47 Å². The van der Waals surface area contributed by atoms with Crippen molar-refractivity contribution in [3.05, 3.63) is 29.8 Å². The summed E-state index contributed by atoms with van der Waals surface area (Å²) in [5.74, 6) is 0.914. The van der Waals surface area contributed by atoms with Gasteiger partial charge in [-0.15, -0.1) is 0 Å². The number of ether oxygens (including phenoxy) is 2. The van der Waals surface area contributed by atoms with Crippen molar-refractivity contribution in [2.75, 3.05) is 20.2 Å². The van der Waals surface area contributed by atoms with E-state index in [0.29, 0.717) is 12.2 Å². The van der Waals surface area contributed by atoms with E-state index in [9.17, 15) is 0 Å². The summed E-state index contributed by atoms with van der Waals surface area (Å²) in [5.41, 5.74) is 1.33. The quantitative estimate of drug-likeness (QED) is 0.802. The van der Waals surface area contributed by atoms with E-state index in [1.807, 2.05) is 12.1 Å². The van der Waals surface area contributed by atoms with Crippen LogP contribution in [-0.2, 0) is 11.3 Å². The topological polar surface area (TPSA) is 21.7 Å². The fourth-order valence-electron chi connectivity index (χ4n) is 2.40. The SMILES string of the molecule is COc1ccc(CN2C[C@@H](C)O[C@@H](C)C2)cc1. The van der Waals surface area contributed by atoms with Crippen molar-refractivity contribution < 1.29 is 9.47 Å². The van der Waals surface area contributed by atoms with Crippen molar-refractivity contribution >= 4 is 0 Å². The summed E-state index contributed by atoms with van der Waals surface area (Å²) in [6.45, 7) is 7.28. The summed E-state index contributed by atoms with van der Waals surface area (Å²) in [7, 11) is 1.69. The van der Waals surface area contributed by atoms with Gasteiger partial charge < -0.3 is 9.47 Å². The summed E-state index contributed by atoms with van der Waals surface area (Å²) in [4.78, 5) is 2.45. The number of hydrogen-bond donors (Lipinski definition) is 0. The Morgan fingerprint density at radius 3 is 2.29 bits per heavy atom. The number of benzene rings is 1. The molecule has 1 aromatic carbocycles. The summed E-state index contributed by atoms with van der Waals surface area (Å²) in [6, 6.07) is 8.29. The zero-order valence-electron chi connectivity index (χ0n) is 10.8. The molecule has 94 valence electrons. The maximum atomic E-state index is 5.73. The van der Waals surface area contributed by atoms with Gasteiger partial charge in [0.05, 0.1) is 19.3 Å². The summed E-state index contributed by atoms with van der Waals surface area (Å²) in [5, 5.41) is 0. The van der Waals surface area contributed by atoms with E-state index < -0.39 is 0 Å². The van der Waals surface area contributed by atoms with Gasteiger partial charge in [0.25, 0.3) is 0 Å². The average Bonchev–Trinajstić information content (AvgIpc) is 2.28. The first-order valence-electron chi connectivity index (χ1n) is 6.18. The monoisotopic (exact) mass is 235 g/mol. The van der Waals surface area contributed by atoms with E-state index in [1.54, 1.807) is 7.11 Å².